The smallest absolute Gasteiger partial charge is 0.0666 e. The highest BCUT2D eigenvalue weighted by Crippen LogP contribution is 2.20. The van der Waals surface area contributed by atoms with E-state index in [2.05, 4.69) is 61.6 Å². The molecule has 1 atom stereocenters. The average Bonchev–Trinajstić information content (AvgIpc) is 2.38. The fraction of sp³-hybridized carbons (Fsp3) is 0.375. The summed E-state index contributed by atoms with van der Waals surface area (Å²) < 4.78 is 5.26. The molecule has 2 rings (SSSR count). The molecule has 0 amide bonds. The van der Waals surface area contributed by atoms with Crippen molar-refractivity contribution in [1.82, 2.24) is 0 Å². The molecule has 0 aliphatic heterocycles. The van der Waals surface area contributed by atoms with Crippen molar-refractivity contribution in [3.63, 3.8) is 0 Å². The maximum atomic E-state index is 5.26. The first-order chi connectivity index (χ1) is 8.70. The molecular weight excluding hydrogens is 222 g/mol. The maximum absolute atomic E-state index is 5.26. The number of ether oxygens (including phenoxy) is 1. The summed E-state index contributed by atoms with van der Waals surface area (Å²) >= 11 is 0. The lowest BCUT2D eigenvalue weighted by molar-refractivity contribution is 0.171. The Hall–Kier alpha value is -1.54. The van der Waals surface area contributed by atoms with Crippen molar-refractivity contribution in [2.24, 2.45) is 5.92 Å². The first-order valence-electron chi connectivity index (χ1n) is 6.45. The second-order valence-corrected chi connectivity index (χ2v) is 5.01. The first kappa shape index (κ1) is 12.9. The summed E-state index contributed by atoms with van der Waals surface area (Å²) in [5.41, 5.74) is 1.16. The van der Waals surface area contributed by atoms with Crippen molar-refractivity contribution in [1.29, 1.82) is 0 Å². The third kappa shape index (κ3) is 3.02. The standard InChI is InChI=1S/C16H21NO/c1-12(2)16(11-18-3)17-15-9-8-13-6-4-5-7-14(13)10-15/h4-10,12,16-17H,11H2,1-3H3. The Bertz CT molecular complexity index is 507. The normalized spacial score (nSPS) is 12.9. The van der Waals surface area contributed by atoms with Gasteiger partial charge < -0.3 is 10.1 Å². The minimum Gasteiger partial charge on any atom is -0.383 e. The van der Waals surface area contributed by atoms with Gasteiger partial charge in [-0.15, -0.1) is 0 Å². The number of methoxy groups -OCH3 is 1. The van der Waals surface area contributed by atoms with Crippen molar-refractivity contribution in [3.8, 4) is 0 Å². The number of benzene rings is 2. The lowest BCUT2D eigenvalue weighted by atomic mass is 10.0. The van der Waals surface area contributed by atoms with Crippen LogP contribution in [0.4, 0.5) is 5.69 Å². The van der Waals surface area contributed by atoms with Gasteiger partial charge >= 0.3 is 0 Å². The lowest BCUT2D eigenvalue weighted by Crippen LogP contribution is -2.30. The molecule has 0 saturated carbocycles. The molecule has 0 spiro atoms. The quantitative estimate of drug-likeness (QED) is 0.859. The minimum atomic E-state index is 0.344. The molecule has 0 bridgehead atoms. The summed E-state index contributed by atoms with van der Waals surface area (Å²) in [7, 11) is 1.75. The van der Waals surface area contributed by atoms with Crippen LogP contribution >= 0.6 is 0 Å². The van der Waals surface area contributed by atoms with Gasteiger partial charge in [-0.1, -0.05) is 44.2 Å². The van der Waals surface area contributed by atoms with E-state index in [9.17, 15) is 0 Å². The van der Waals surface area contributed by atoms with E-state index < -0.39 is 0 Å². The molecule has 0 heterocycles. The zero-order valence-electron chi connectivity index (χ0n) is 11.3. The number of anilines is 1. The van der Waals surface area contributed by atoms with Crippen molar-refractivity contribution < 1.29 is 4.74 Å². The Kier molecular flexibility index (Phi) is 4.21. The molecule has 0 fully saturated rings. The summed E-state index contributed by atoms with van der Waals surface area (Å²) in [5.74, 6) is 0.538. The summed E-state index contributed by atoms with van der Waals surface area (Å²) in [5, 5.41) is 6.09. The van der Waals surface area contributed by atoms with Crippen LogP contribution in [0.15, 0.2) is 42.5 Å². The van der Waals surface area contributed by atoms with Crippen molar-refractivity contribution >= 4 is 16.5 Å². The van der Waals surface area contributed by atoms with Crippen LogP contribution in [-0.4, -0.2) is 19.8 Å². The van der Waals surface area contributed by atoms with E-state index >= 15 is 0 Å². The Balaban J connectivity index is 2.20. The van der Waals surface area contributed by atoms with E-state index in [0.29, 0.717) is 12.0 Å². The van der Waals surface area contributed by atoms with Gasteiger partial charge in [-0.25, -0.2) is 0 Å². The van der Waals surface area contributed by atoms with E-state index in [-0.39, 0.29) is 0 Å². The highest BCUT2D eigenvalue weighted by atomic mass is 16.5. The Morgan fingerprint density at radius 2 is 1.78 bits per heavy atom. The molecule has 2 aromatic rings. The fourth-order valence-corrected chi connectivity index (χ4v) is 2.07. The summed E-state index contributed by atoms with van der Waals surface area (Å²) in [6, 6.07) is 15.2. The number of nitrogens with one attached hydrogen (secondary N) is 1. The molecule has 0 aliphatic rings. The van der Waals surface area contributed by atoms with Crippen molar-refractivity contribution in [3.05, 3.63) is 42.5 Å². The Labute approximate surface area is 109 Å². The van der Waals surface area contributed by atoms with Crippen LogP contribution < -0.4 is 5.32 Å². The third-order valence-electron chi connectivity index (χ3n) is 3.25. The third-order valence-corrected chi connectivity index (χ3v) is 3.25. The van der Waals surface area contributed by atoms with Crippen molar-refractivity contribution in [2.45, 2.75) is 19.9 Å². The second kappa shape index (κ2) is 5.87. The topological polar surface area (TPSA) is 21.3 Å². The predicted molar refractivity (Wildman–Crippen MR) is 78.1 cm³/mol. The number of fused-ring (bicyclic) bond motifs is 1. The van der Waals surface area contributed by atoms with Crippen LogP contribution in [0.2, 0.25) is 0 Å². The highest BCUT2D eigenvalue weighted by molar-refractivity contribution is 5.85. The molecule has 0 saturated heterocycles. The number of rotatable bonds is 5. The molecule has 1 N–H and O–H groups in total. The van der Waals surface area contributed by atoms with Crippen LogP contribution in [-0.2, 0) is 4.74 Å². The van der Waals surface area contributed by atoms with E-state index in [1.165, 1.54) is 10.8 Å². The molecule has 0 radical (unpaired) electrons. The van der Waals surface area contributed by atoms with Gasteiger partial charge in [0, 0.05) is 12.8 Å². The van der Waals surface area contributed by atoms with Crippen LogP contribution in [0.25, 0.3) is 10.8 Å². The Morgan fingerprint density at radius 3 is 2.44 bits per heavy atom. The maximum Gasteiger partial charge on any atom is 0.0666 e. The van der Waals surface area contributed by atoms with Gasteiger partial charge in [0.25, 0.3) is 0 Å². The molecule has 18 heavy (non-hydrogen) atoms. The molecular formula is C16H21NO. The number of hydrogen-bond donors (Lipinski definition) is 1. The average molecular weight is 243 g/mol. The largest absolute Gasteiger partial charge is 0.383 e. The van der Waals surface area contributed by atoms with Gasteiger partial charge in [-0.2, -0.15) is 0 Å². The second-order valence-electron chi connectivity index (χ2n) is 5.01. The fourth-order valence-electron chi connectivity index (χ4n) is 2.07. The summed E-state index contributed by atoms with van der Waals surface area (Å²) in [4.78, 5) is 0. The van der Waals surface area contributed by atoms with Gasteiger partial charge in [0.1, 0.15) is 0 Å². The SMILES string of the molecule is COCC(Nc1ccc2ccccc2c1)C(C)C. The van der Waals surface area contributed by atoms with E-state index in [0.717, 1.165) is 12.3 Å². The summed E-state index contributed by atoms with van der Waals surface area (Å²) in [6.07, 6.45) is 0. The molecule has 2 nitrogen and oxygen atoms in total. The zero-order chi connectivity index (χ0) is 13.0. The van der Waals surface area contributed by atoms with Crippen LogP contribution in [0.5, 0.6) is 0 Å². The highest BCUT2D eigenvalue weighted by Gasteiger charge is 2.12. The van der Waals surface area contributed by atoms with Crippen LogP contribution in [0, 0.1) is 5.92 Å². The predicted octanol–water partition coefficient (Wildman–Crippen LogP) is 3.92. The van der Waals surface area contributed by atoms with E-state index in [1.807, 2.05) is 0 Å². The van der Waals surface area contributed by atoms with Crippen molar-refractivity contribution in [2.75, 3.05) is 19.0 Å². The van der Waals surface area contributed by atoms with Crippen LogP contribution in [0.1, 0.15) is 13.8 Å². The lowest BCUT2D eigenvalue weighted by Gasteiger charge is -2.23. The molecule has 2 heteroatoms. The monoisotopic (exact) mass is 243 g/mol. The first-order valence-corrected chi connectivity index (χ1v) is 6.45. The van der Waals surface area contributed by atoms with Gasteiger partial charge in [-0.3, -0.25) is 0 Å². The molecule has 96 valence electrons. The van der Waals surface area contributed by atoms with Crippen LogP contribution in [0.3, 0.4) is 0 Å². The van der Waals surface area contributed by atoms with Gasteiger partial charge in [-0.05, 0) is 28.8 Å². The zero-order valence-corrected chi connectivity index (χ0v) is 11.3. The Morgan fingerprint density at radius 1 is 1.06 bits per heavy atom. The minimum absolute atomic E-state index is 0.344. The van der Waals surface area contributed by atoms with E-state index in [4.69, 9.17) is 4.74 Å². The molecule has 0 aliphatic carbocycles. The van der Waals surface area contributed by atoms with Gasteiger partial charge in [0.15, 0.2) is 0 Å². The molecule has 1 unspecified atom stereocenters. The molecule has 2 aromatic carbocycles. The van der Waals surface area contributed by atoms with Gasteiger partial charge in [0.05, 0.1) is 12.6 Å². The van der Waals surface area contributed by atoms with E-state index in [1.54, 1.807) is 7.11 Å². The van der Waals surface area contributed by atoms with Gasteiger partial charge in [0.2, 0.25) is 0 Å². The number of hydrogen-bond acceptors (Lipinski definition) is 2. The molecule has 0 aromatic heterocycles. The summed E-state index contributed by atoms with van der Waals surface area (Å²) in [6.45, 7) is 5.14.